The molecule has 608 valence electrons. The molecular weight excluding hydrogens is 1510 g/mol. The number of rotatable bonds is 13. The van der Waals surface area contributed by atoms with E-state index in [1.807, 2.05) is 180 Å². The summed E-state index contributed by atoms with van der Waals surface area (Å²) in [5.41, 5.74) is 10.9. The predicted octanol–water partition coefficient (Wildman–Crippen LogP) is 19.5. The van der Waals surface area contributed by atoms with Crippen LogP contribution in [0.25, 0.3) is 56.6 Å². The second-order valence-electron chi connectivity index (χ2n) is 31.9. The number of hydrogen-bond donors (Lipinski definition) is 1. The van der Waals surface area contributed by atoms with Gasteiger partial charge in [0.2, 0.25) is 0 Å². The number of piperidine rings is 3. The Balaban J connectivity index is 0.000000134. The number of aliphatic hydroxyl groups is 1. The van der Waals surface area contributed by atoms with Crippen LogP contribution in [0.3, 0.4) is 0 Å². The topological polar surface area (TPSA) is 261 Å². The standard InChI is InChI=1S/C22H22N2O3.C18H21ClN2O2.C18H22N2O2.C17H19ClN2O2.C17H20N2O3/c1-15(25)16-7-9-18(10-8-16)21-20(13-23-27-21)22(26)24-12-11-19(14-24)17-5-3-2-4-6-17;1-3-13-9-8-12(2)21(11-13)18(22)15-10-20-23-17(15)14-6-4-5-7-16(14)19;1-12-4-6-15(7-5-12)17-16(9-19-22-17)18(21)20-10-13(2)8-14(3)11-20;1-11-7-12(2)10-20(9-11)17(21)14-8-19-22-16(14)13-5-3-4-6-15(13)18;1-11-4-6-14(7-5-11)16-15(8-18-22-16)17(20)19-9-12(2)21-13(3)10-19/h2-10,13,15,19,25H,11-12,14H2,1H3;4-7,10,12-13H,3,8-9,11H2,1-2H3;4-7,9,13-14H,8,10-11H2,1-3H3;3-6,8,11-12H,7,9-10H2,1-2H3;4-8,12-13H,9-10H2,1-3H3/t;;;;12-,13+. The molecule has 5 aromatic heterocycles. The molecule has 5 fully saturated rings. The van der Waals surface area contributed by atoms with Gasteiger partial charge in [0.05, 0.1) is 59.3 Å². The summed E-state index contributed by atoms with van der Waals surface area (Å²) < 4.78 is 32.4. The summed E-state index contributed by atoms with van der Waals surface area (Å²) in [5.74, 6) is 5.35. The first kappa shape index (κ1) is 84.6. The van der Waals surface area contributed by atoms with Crippen molar-refractivity contribution in [1.82, 2.24) is 50.3 Å². The molecule has 0 saturated carbocycles. The number of ether oxygens (including phenoxy) is 1. The van der Waals surface area contributed by atoms with E-state index in [0.29, 0.717) is 133 Å². The summed E-state index contributed by atoms with van der Waals surface area (Å²) in [6, 6.07) is 48.4. The number of aliphatic hydroxyl groups excluding tert-OH is 1. The van der Waals surface area contributed by atoms with E-state index in [-0.39, 0.29) is 47.8 Å². The highest BCUT2D eigenvalue weighted by Gasteiger charge is 2.36. The molecule has 1 N–H and O–H groups in total. The fourth-order valence-electron chi connectivity index (χ4n) is 16.2. The average Bonchev–Trinajstić information content (AvgIpc) is 1.72. The second kappa shape index (κ2) is 39.2. The van der Waals surface area contributed by atoms with Crippen molar-refractivity contribution in [2.24, 2.45) is 29.6 Å². The Morgan fingerprint density at radius 1 is 0.422 bits per heavy atom. The highest BCUT2D eigenvalue weighted by Crippen LogP contribution is 2.38. The third-order valence-electron chi connectivity index (χ3n) is 22.1. The van der Waals surface area contributed by atoms with Crippen molar-refractivity contribution < 1.29 is 56.4 Å². The molecule has 24 heteroatoms. The number of halogens is 2. The van der Waals surface area contributed by atoms with Crippen LogP contribution >= 0.6 is 23.2 Å². The van der Waals surface area contributed by atoms with E-state index < -0.39 is 6.10 Å². The number of carbonyl (C=O) groups is 5. The highest BCUT2D eigenvalue weighted by atomic mass is 35.5. The third kappa shape index (κ3) is 20.9. The van der Waals surface area contributed by atoms with Crippen LogP contribution < -0.4 is 0 Å². The lowest BCUT2D eigenvalue weighted by atomic mass is 9.91. The molecule has 6 aromatic carbocycles. The van der Waals surface area contributed by atoms with Gasteiger partial charge in [-0.1, -0.05) is 229 Å². The van der Waals surface area contributed by atoms with Crippen LogP contribution in [-0.2, 0) is 4.74 Å². The number of nitrogens with zero attached hydrogens (tertiary/aromatic N) is 10. The molecule has 10 heterocycles. The maximum absolute atomic E-state index is 13.0. The first-order valence-electron chi connectivity index (χ1n) is 40.2. The molecule has 0 radical (unpaired) electrons. The first-order valence-corrected chi connectivity index (χ1v) is 41.0. The minimum Gasteiger partial charge on any atom is -0.389 e. The van der Waals surface area contributed by atoms with Crippen LogP contribution in [0.4, 0.5) is 0 Å². The summed E-state index contributed by atoms with van der Waals surface area (Å²) in [4.78, 5) is 74.0. The Hall–Kier alpha value is -10.8. The molecule has 16 rings (SSSR count). The number of benzene rings is 6. The minimum absolute atomic E-state index is 0.0215. The van der Waals surface area contributed by atoms with E-state index in [4.69, 9.17) is 50.6 Å². The Kier molecular flexibility index (Phi) is 28.6. The van der Waals surface area contributed by atoms with Crippen molar-refractivity contribution in [2.75, 3.05) is 58.9 Å². The summed E-state index contributed by atoms with van der Waals surface area (Å²) >= 11 is 12.5. The van der Waals surface area contributed by atoms with Gasteiger partial charge in [-0.25, -0.2) is 0 Å². The number of aryl methyl sites for hydroxylation is 2. The Bertz CT molecular complexity index is 4930. The predicted molar refractivity (Wildman–Crippen MR) is 447 cm³/mol. The third-order valence-corrected chi connectivity index (χ3v) is 22.8. The van der Waals surface area contributed by atoms with Crippen LogP contribution in [-0.4, -0.2) is 162 Å². The SMILES string of the molecule is CC(O)c1ccc(-c2oncc2C(=O)N2CCC(c3ccccc3)C2)cc1.CC1CC(C)CN(C(=O)c2cnoc2-c2ccccc2Cl)C1.CCC1CCC(C)N(C(=O)c2cnoc2-c2ccccc2Cl)C1.Cc1ccc(-c2oncc2C(=O)N2CC(C)CC(C)C2)cc1.Cc1ccc(-c2oncc2C(=O)N2C[C@@H](C)O[C@@H](C)C2)cc1. The second-order valence-corrected chi connectivity index (χ2v) is 32.7. The molecule has 8 unspecified atom stereocenters. The van der Waals surface area contributed by atoms with Gasteiger partial charge in [0.1, 0.15) is 27.8 Å². The van der Waals surface area contributed by atoms with Crippen molar-refractivity contribution >= 4 is 52.7 Å². The number of amides is 5. The zero-order valence-electron chi connectivity index (χ0n) is 67.9. The van der Waals surface area contributed by atoms with Gasteiger partial charge < -0.3 is 57.0 Å². The van der Waals surface area contributed by atoms with E-state index in [0.717, 1.165) is 92.8 Å². The van der Waals surface area contributed by atoms with Gasteiger partial charge in [0, 0.05) is 98.7 Å². The van der Waals surface area contributed by atoms with Gasteiger partial charge in [-0.2, -0.15) is 0 Å². The smallest absolute Gasteiger partial charge is 0.259 e. The lowest BCUT2D eigenvalue weighted by Crippen LogP contribution is -2.48. The fourth-order valence-corrected chi connectivity index (χ4v) is 16.6. The van der Waals surface area contributed by atoms with Crippen LogP contribution in [0.2, 0.25) is 10.0 Å². The zero-order chi connectivity index (χ0) is 82.3. The first-order chi connectivity index (χ1) is 55.9. The van der Waals surface area contributed by atoms with Crippen LogP contribution in [0, 0.1) is 43.4 Å². The minimum atomic E-state index is -0.533. The van der Waals surface area contributed by atoms with E-state index in [1.54, 1.807) is 25.3 Å². The molecule has 5 aliphatic rings. The van der Waals surface area contributed by atoms with E-state index in [1.165, 1.54) is 48.8 Å². The fraction of sp³-hybridized carbons (Fsp3) is 0.391. The lowest BCUT2D eigenvalue weighted by molar-refractivity contribution is -0.0586. The summed E-state index contributed by atoms with van der Waals surface area (Å²) in [7, 11) is 0. The lowest BCUT2D eigenvalue weighted by Gasteiger charge is -2.37. The van der Waals surface area contributed by atoms with Gasteiger partial charge in [-0.15, -0.1) is 0 Å². The summed E-state index contributed by atoms with van der Waals surface area (Å²) in [6.45, 7) is 29.3. The molecular formula is C92H104Cl2N10O12. The molecule has 0 spiro atoms. The molecule has 22 nitrogen and oxygen atoms in total. The van der Waals surface area contributed by atoms with E-state index in [9.17, 15) is 29.1 Å². The zero-order valence-corrected chi connectivity index (χ0v) is 69.4. The van der Waals surface area contributed by atoms with E-state index in [2.05, 4.69) is 79.5 Å². The Labute approximate surface area is 688 Å². The van der Waals surface area contributed by atoms with Gasteiger partial charge in [-0.3, -0.25) is 24.0 Å². The van der Waals surface area contributed by atoms with Crippen molar-refractivity contribution in [3.8, 4) is 56.6 Å². The number of aromatic nitrogens is 5. The normalized spacial score (nSPS) is 20.8. The molecule has 5 saturated heterocycles. The molecule has 5 aliphatic heterocycles. The average molecular weight is 1610 g/mol. The monoisotopic (exact) mass is 1610 g/mol. The number of morpholine rings is 1. The quantitative estimate of drug-likeness (QED) is 0.112. The van der Waals surface area contributed by atoms with Gasteiger partial charge in [-0.05, 0) is 139 Å². The van der Waals surface area contributed by atoms with Gasteiger partial charge in [0.25, 0.3) is 29.5 Å². The van der Waals surface area contributed by atoms with Crippen molar-refractivity contribution in [3.05, 3.63) is 243 Å². The van der Waals surface area contributed by atoms with E-state index >= 15 is 0 Å². The van der Waals surface area contributed by atoms with Crippen LogP contribution in [0.5, 0.6) is 0 Å². The highest BCUT2D eigenvalue weighted by molar-refractivity contribution is 6.34. The van der Waals surface area contributed by atoms with Gasteiger partial charge >= 0.3 is 0 Å². The number of carbonyl (C=O) groups excluding carboxylic acids is 5. The molecule has 11 aromatic rings. The number of hydrogen-bond acceptors (Lipinski definition) is 17. The van der Waals surface area contributed by atoms with Crippen LogP contribution in [0.15, 0.2) is 205 Å². The molecule has 116 heavy (non-hydrogen) atoms. The Morgan fingerprint density at radius 2 is 0.784 bits per heavy atom. The van der Waals surface area contributed by atoms with Gasteiger partial charge in [0.15, 0.2) is 28.8 Å². The maximum Gasteiger partial charge on any atom is 0.259 e. The van der Waals surface area contributed by atoms with Crippen molar-refractivity contribution in [1.29, 1.82) is 0 Å². The molecule has 0 aliphatic carbocycles. The largest absolute Gasteiger partial charge is 0.389 e. The maximum atomic E-state index is 13.0. The van der Waals surface area contributed by atoms with Crippen molar-refractivity contribution in [3.63, 3.8) is 0 Å². The molecule has 0 bridgehead atoms. The molecule has 10 atom stereocenters. The Morgan fingerprint density at radius 3 is 1.19 bits per heavy atom. The van der Waals surface area contributed by atoms with Crippen LogP contribution in [0.1, 0.15) is 187 Å². The molecule has 5 amide bonds. The van der Waals surface area contributed by atoms with Crippen molar-refractivity contribution in [2.45, 2.75) is 145 Å². The summed E-state index contributed by atoms with van der Waals surface area (Å²) in [6.07, 6.45) is 13.7. The summed E-state index contributed by atoms with van der Waals surface area (Å²) in [5, 5.41) is 29.9. The number of likely N-dealkylation sites (tertiary alicyclic amines) is 4.